The number of ether oxygens (including phenoxy) is 1. The molecule has 1 N–H and O–H groups in total. The van der Waals surface area contributed by atoms with Crippen molar-refractivity contribution in [3.8, 4) is 5.75 Å². The van der Waals surface area contributed by atoms with Crippen LogP contribution in [0.5, 0.6) is 5.75 Å². The SMILES string of the molecule is COc1ccc([N+](=O)[O-])cc1NC(=O)c1cccnc1Sc1ccccc1. The first-order valence-electron chi connectivity index (χ1n) is 7.90. The first-order valence-corrected chi connectivity index (χ1v) is 8.72. The van der Waals surface area contributed by atoms with E-state index in [4.69, 9.17) is 4.74 Å². The Balaban J connectivity index is 1.89. The van der Waals surface area contributed by atoms with Crippen molar-refractivity contribution in [3.05, 3.63) is 82.5 Å². The van der Waals surface area contributed by atoms with Crippen LogP contribution in [0.2, 0.25) is 0 Å². The van der Waals surface area contributed by atoms with Gasteiger partial charge in [-0.1, -0.05) is 30.0 Å². The van der Waals surface area contributed by atoms with Crippen LogP contribution in [0, 0.1) is 10.1 Å². The number of amides is 1. The van der Waals surface area contributed by atoms with E-state index in [9.17, 15) is 14.9 Å². The molecule has 2 aromatic carbocycles. The van der Waals surface area contributed by atoms with Crippen LogP contribution in [0.4, 0.5) is 11.4 Å². The Hall–Kier alpha value is -3.39. The highest BCUT2D eigenvalue weighted by Crippen LogP contribution is 2.31. The van der Waals surface area contributed by atoms with E-state index in [-0.39, 0.29) is 11.4 Å². The molecule has 1 heterocycles. The van der Waals surface area contributed by atoms with E-state index in [0.717, 1.165) is 4.90 Å². The summed E-state index contributed by atoms with van der Waals surface area (Å²) in [6, 6.07) is 16.9. The van der Waals surface area contributed by atoms with Gasteiger partial charge < -0.3 is 10.1 Å². The summed E-state index contributed by atoms with van der Waals surface area (Å²) in [5, 5.41) is 14.2. The van der Waals surface area contributed by atoms with Crippen LogP contribution >= 0.6 is 11.8 Å². The average Bonchev–Trinajstić information content (AvgIpc) is 2.69. The van der Waals surface area contributed by atoms with Gasteiger partial charge in [0.1, 0.15) is 10.8 Å². The highest BCUT2D eigenvalue weighted by molar-refractivity contribution is 7.99. The Labute approximate surface area is 159 Å². The van der Waals surface area contributed by atoms with Crippen molar-refractivity contribution < 1.29 is 14.5 Å². The zero-order valence-corrected chi connectivity index (χ0v) is 15.1. The Morgan fingerprint density at radius 1 is 1.15 bits per heavy atom. The number of hydrogen-bond donors (Lipinski definition) is 1. The Kier molecular flexibility index (Phi) is 5.68. The second kappa shape index (κ2) is 8.33. The fraction of sp³-hybridized carbons (Fsp3) is 0.0526. The highest BCUT2D eigenvalue weighted by Gasteiger charge is 2.17. The smallest absolute Gasteiger partial charge is 0.271 e. The lowest BCUT2D eigenvalue weighted by atomic mass is 10.2. The molecule has 8 heteroatoms. The van der Waals surface area contributed by atoms with Crippen molar-refractivity contribution >= 4 is 29.0 Å². The molecule has 136 valence electrons. The fourth-order valence-corrected chi connectivity index (χ4v) is 3.24. The van der Waals surface area contributed by atoms with Crippen molar-refractivity contribution in [2.45, 2.75) is 9.92 Å². The van der Waals surface area contributed by atoms with Crippen molar-refractivity contribution in [3.63, 3.8) is 0 Å². The van der Waals surface area contributed by atoms with Gasteiger partial charge in [-0.3, -0.25) is 14.9 Å². The summed E-state index contributed by atoms with van der Waals surface area (Å²) >= 11 is 1.36. The van der Waals surface area contributed by atoms with E-state index in [1.807, 2.05) is 30.3 Å². The molecular weight excluding hydrogens is 366 g/mol. The lowest BCUT2D eigenvalue weighted by Gasteiger charge is -2.12. The average molecular weight is 381 g/mol. The quantitative estimate of drug-likeness (QED) is 0.502. The first-order chi connectivity index (χ1) is 13.1. The zero-order valence-electron chi connectivity index (χ0n) is 14.3. The minimum Gasteiger partial charge on any atom is -0.495 e. The number of carbonyl (C=O) groups excluding carboxylic acids is 1. The third-order valence-corrected chi connectivity index (χ3v) is 4.64. The number of methoxy groups -OCH3 is 1. The normalized spacial score (nSPS) is 10.3. The van der Waals surface area contributed by atoms with E-state index in [2.05, 4.69) is 10.3 Å². The highest BCUT2D eigenvalue weighted by atomic mass is 32.2. The summed E-state index contributed by atoms with van der Waals surface area (Å²) < 4.78 is 5.18. The number of non-ortho nitro benzene ring substituents is 1. The van der Waals surface area contributed by atoms with Crippen molar-refractivity contribution in [1.29, 1.82) is 0 Å². The lowest BCUT2D eigenvalue weighted by molar-refractivity contribution is -0.384. The number of nitrogens with one attached hydrogen (secondary N) is 1. The third-order valence-electron chi connectivity index (χ3n) is 3.62. The minimum atomic E-state index is -0.532. The van der Waals surface area contributed by atoms with E-state index >= 15 is 0 Å². The number of anilines is 1. The Morgan fingerprint density at radius 2 is 1.93 bits per heavy atom. The number of rotatable bonds is 6. The van der Waals surface area contributed by atoms with Gasteiger partial charge in [0.25, 0.3) is 11.6 Å². The molecular formula is C19H15N3O4S. The maximum Gasteiger partial charge on any atom is 0.271 e. The van der Waals surface area contributed by atoms with Crippen LogP contribution < -0.4 is 10.1 Å². The topological polar surface area (TPSA) is 94.4 Å². The number of nitro groups is 1. The molecule has 0 unspecified atom stereocenters. The van der Waals surface area contributed by atoms with Crippen LogP contribution in [-0.2, 0) is 0 Å². The van der Waals surface area contributed by atoms with Gasteiger partial charge in [-0.2, -0.15) is 0 Å². The predicted molar refractivity (Wildman–Crippen MR) is 102 cm³/mol. The van der Waals surface area contributed by atoms with Crippen LogP contribution in [0.3, 0.4) is 0 Å². The second-order valence-corrected chi connectivity index (χ2v) is 6.43. The Morgan fingerprint density at radius 3 is 2.63 bits per heavy atom. The van der Waals surface area contributed by atoms with Gasteiger partial charge in [0.05, 0.1) is 23.3 Å². The molecule has 27 heavy (non-hydrogen) atoms. The summed E-state index contributed by atoms with van der Waals surface area (Å²) in [7, 11) is 1.43. The molecule has 3 rings (SSSR count). The molecule has 7 nitrogen and oxygen atoms in total. The molecule has 0 aliphatic rings. The number of nitro benzene ring substituents is 1. The molecule has 0 saturated carbocycles. The maximum absolute atomic E-state index is 12.8. The molecule has 3 aromatic rings. The number of hydrogen-bond acceptors (Lipinski definition) is 6. The van der Waals surface area contributed by atoms with Gasteiger partial charge in [0.15, 0.2) is 0 Å². The van der Waals surface area contributed by atoms with E-state index in [1.165, 1.54) is 37.1 Å². The molecule has 1 amide bonds. The third kappa shape index (κ3) is 4.42. The molecule has 0 atom stereocenters. The van der Waals surface area contributed by atoms with Gasteiger partial charge >= 0.3 is 0 Å². The Bertz CT molecular complexity index is 980. The molecule has 1 aromatic heterocycles. The van der Waals surface area contributed by atoms with E-state index in [1.54, 1.807) is 18.3 Å². The van der Waals surface area contributed by atoms with Gasteiger partial charge in [0, 0.05) is 23.2 Å². The molecule has 0 fully saturated rings. The standard InChI is InChI=1S/C19H15N3O4S/c1-26-17-10-9-13(22(24)25)12-16(17)21-18(23)15-8-5-11-20-19(15)27-14-6-3-2-4-7-14/h2-12H,1H3,(H,21,23). The molecule has 0 saturated heterocycles. The van der Waals surface area contributed by atoms with Crippen LogP contribution in [0.1, 0.15) is 10.4 Å². The molecule has 0 aliphatic carbocycles. The summed E-state index contributed by atoms with van der Waals surface area (Å²) in [4.78, 5) is 28.5. The van der Waals surface area contributed by atoms with Gasteiger partial charge in [-0.05, 0) is 30.3 Å². The van der Waals surface area contributed by atoms with E-state index < -0.39 is 10.8 Å². The monoisotopic (exact) mass is 381 g/mol. The van der Waals surface area contributed by atoms with Crippen molar-refractivity contribution in [2.75, 3.05) is 12.4 Å². The predicted octanol–water partition coefficient (Wildman–Crippen LogP) is 4.40. The van der Waals surface area contributed by atoms with Crippen LogP contribution in [-0.4, -0.2) is 22.9 Å². The second-order valence-electron chi connectivity index (χ2n) is 5.37. The van der Waals surface area contributed by atoms with Gasteiger partial charge in [0.2, 0.25) is 0 Å². The molecule has 0 bridgehead atoms. The number of carbonyl (C=O) groups is 1. The van der Waals surface area contributed by atoms with Crippen LogP contribution in [0.25, 0.3) is 0 Å². The van der Waals surface area contributed by atoms with Gasteiger partial charge in [-0.25, -0.2) is 4.98 Å². The van der Waals surface area contributed by atoms with Crippen LogP contribution in [0.15, 0.2) is 76.8 Å². The minimum absolute atomic E-state index is 0.142. The number of nitrogens with zero attached hydrogens (tertiary/aromatic N) is 2. The molecule has 0 spiro atoms. The summed E-state index contributed by atoms with van der Waals surface area (Å²) in [5.41, 5.74) is 0.437. The fourth-order valence-electron chi connectivity index (χ4n) is 2.34. The molecule has 0 radical (unpaired) electrons. The maximum atomic E-state index is 12.8. The molecule has 0 aliphatic heterocycles. The first kappa shape index (κ1) is 18.4. The summed E-state index contributed by atoms with van der Waals surface area (Å²) in [6.45, 7) is 0. The van der Waals surface area contributed by atoms with Crippen molar-refractivity contribution in [1.82, 2.24) is 4.98 Å². The lowest BCUT2D eigenvalue weighted by Crippen LogP contribution is -2.14. The zero-order chi connectivity index (χ0) is 19.2. The largest absolute Gasteiger partial charge is 0.495 e. The summed E-state index contributed by atoms with van der Waals surface area (Å²) in [6.07, 6.45) is 1.61. The van der Waals surface area contributed by atoms with Crippen molar-refractivity contribution in [2.24, 2.45) is 0 Å². The van der Waals surface area contributed by atoms with E-state index in [0.29, 0.717) is 16.3 Å². The number of pyridine rings is 1. The number of aromatic nitrogens is 1. The number of benzene rings is 2. The van der Waals surface area contributed by atoms with Gasteiger partial charge in [-0.15, -0.1) is 0 Å². The summed E-state index contributed by atoms with van der Waals surface area (Å²) in [5.74, 6) is -0.101.